The van der Waals surface area contributed by atoms with Crippen molar-refractivity contribution in [2.45, 2.75) is 68.9 Å². The molecule has 4 fully saturated rings. The van der Waals surface area contributed by atoms with Gasteiger partial charge in [0.25, 0.3) is 0 Å². The monoisotopic (exact) mass is 817 g/mol. The van der Waals surface area contributed by atoms with E-state index in [9.17, 15) is 13.2 Å². The first-order valence-corrected chi connectivity index (χ1v) is 20.3. The van der Waals surface area contributed by atoms with Gasteiger partial charge in [-0.3, -0.25) is 0 Å². The van der Waals surface area contributed by atoms with Crippen molar-refractivity contribution in [2.24, 2.45) is 0 Å². The average Bonchev–Trinajstić information content (AvgIpc) is 4.07. The van der Waals surface area contributed by atoms with Crippen LogP contribution in [0.5, 0.6) is 0 Å². The topological polar surface area (TPSA) is 91.1 Å². The SMILES string of the molecule is Fc1cc2nc([C@@H]3CCCN3)[nH]c2cc1[C@H]1CC[C@@H](c2cc3[nH]c([C@@H]4CCCN4)nc3cc2F)N1c1cc(F)c(N2CCN(c3ccc(C(F)(F)F)cc3)CC2)c(F)c1. The number of imidazole rings is 2. The van der Waals surface area contributed by atoms with E-state index in [1.165, 1.54) is 36.4 Å². The van der Waals surface area contributed by atoms with Crippen molar-refractivity contribution in [3.05, 3.63) is 112 Å². The van der Waals surface area contributed by atoms with Crippen molar-refractivity contribution in [3.63, 3.8) is 0 Å². The van der Waals surface area contributed by atoms with Gasteiger partial charge in [0, 0.05) is 60.8 Å². The largest absolute Gasteiger partial charge is 0.416 e. The lowest BCUT2D eigenvalue weighted by Gasteiger charge is -2.38. The van der Waals surface area contributed by atoms with Crippen LogP contribution in [0.4, 0.5) is 47.8 Å². The molecule has 0 radical (unpaired) electrons. The van der Waals surface area contributed by atoms with Crippen LogP contribution in [0.1, 0.15) is 91.0 Å². The number of rotatable bonds is 7. The molecule has 10 rings (SSSR count). The fraction of sp³-hybridized carbons (Fsp3) is 0.395. The van der Waals surface area contributed by atoms with Gasteiger partial charge in [-0.1, -0.05) is 0 Å². The van der Waals surface area contributed by atoms with E-state index in [2.05, 4.69) is 30.6 Å². The predicted molar refractivity (Wildman–Crippen MR) is 211 cm³/mol. The van der Waals surface area contributed by atoms with Gasteiger partial charge in [-0.15, -0.1) is 0 Å². The molecule has 308 valence electrons. The minimum absolute atomic E-state index is 0.0314. The first-order chi connectivity index (χ1) is 28.5. The summed E-state index contributed by atoms with van der Waals surface area (Å²) in [7, 11) is 0. The number of halogens is 7. The normalized spacial score (nSPS) is 22.8. The van der Waals surface area contributed by atoms with Crippen LogP contribution in [0, 0.1) is 23.3 Å². The number of fused-ring (bicyclic) bond motifs is 2. The van der Waals surface area contributed by atoms with Crippen LogP contribution < -0.4 is 25.3 Å². The van der Waals surface area contributed by atoms with Gasteiger partial charge in [0.1, 0.15) is 29.0 Å². The molecule has 59 heavy (non-hydrogen) atoms. The van der Waals surface area contributed by atoms with Crippen molar-refractivity contribution in [1.82, 2.24) is 30.6 Å². The third kappa shape index (κ3) is 6.93. The minimum atomic E-state index is -4.45. The molecule has 16 heteroatoms. The van der Waals surface area contributed by atoms with E-state index in [4.69, 9.17) is 0 Å². The van der Waals surface area contributed by atoms with E-state index >= 15 is 17.6 Å². The fourth-order valence-electron chi connectivity index (χ4n) is 9.65. The molecule has 4 N–H and O–H groups in total. The summed E-state index contributed by atoms with van der Waals surface area (Å²) < 4.78 is 105. The van der Waals surface area contributed by atoms with E-state index in [0.29, 0.717) is 64.8 Å². The highest BCUT2D eigenvalue weighted by Gasteiger charge is 2.40. The number of aromatic amines is 2. The van der Waals surface area contributed by atoms with Gasteiger partial charge in [0.05, 0.1) is 51.8 Å². The molecule has 2 aromatic heterocycles. The van der Waals surface area contributed by atoms with Crippen molar-refractivity contribution in [3.8, 4) is 0 Å². The van der Waals surface area contributed by atoms with Gasteiger partial charge < -0.3 is 35.3 Å². The summed E-state index contributed by atoms with van der Waals surface area (Å²) in [5.41, 5.74) is 2.55. The Morgan fingerprint density at radius 1 is 0.559 bits per heavy atom. The number of alkyl halides is 3. The summed E-state index contributed by atoms with van der Waals surface area (Å²) >= 11 is 0. The summed E-state index contributed by atoms with van der Waals surface area (Å²) in [6.07, 6.45) is 0.0953. The summed E-state index contributed by atoms with van der Waals surface area (Å²) in [6.45, 7) is 2.80. The zero-order valence-corrected chi connectivity index (χ0v) is 32.0. The van der Waals surface area contributed by atoms with Gasteiger partial charge in [0.15, 0.2) is 11.6 Å². The lowest BCUT2D eigenvalue weighted by molar-refractivity contribution is -0.137. The molecule has 6 heterocycles. The second-order valence-electron chi connectivity index (χ2n) is 16.1. The Morgan fingerprint density at radius 2 is 1.05 bits per heavy atom. The maximum atomic E-state index is 16.4. The average molecular weight is 818 g/mol. The lowest BCUT2D eigenvalue weighted by Crippen LogP contribution is -2.47. The number of nitrogens with zero attached hydrogens (tertiary/aromatic N) is 5. The molecule has 4 atom stereocenters. The zero-order valence-electron chi connectivity index (χ0n) is 32.0. The fourth-order valence-corrected chi connectivity index (χ4v) is 9.65. The number of hydrogen-bond acceptors (Lipinski definition) is 7. The van der Waals surface area contributed by atoms with Gasteiger partial charge in [-0.25, -0.2) is 27.5 Å². The van der Waals surface area contributed by atoms with Crippen molar-refractivity contribution in [2.75, 3.05) is 54.0 Å². The second-order valence-corrected chi connectivity index (χ2v) is 16.1. The number of piperazine rings is 1. The quantitative estimate of drug-likeness (QED) is 0.120. The van der Waals surface area contributed by atoms with E-state index < -0.39 is 47.1 Å². The van der Waals surface area contributed by atoms with Crippen molar-refractivity contribution in [1.29, 1.82) is 0 Å². The number of hydrogen-bond donors (Lipinski definition) is 4. The van der Waals surface area contributed by atoms with Crippen molar-refractivity contribution >= 4 is 39.1 Å². The van der Waals surface area contributed by atoms with Gasteiger partial charge in [-0.2, -0.15) is 13.2 Å². The van der Waals surface area contributed by atoms with Gasteiger partial charge in [-0.05, 0) is 100 Å². The van der Waals surface area contributed by atoms with Crippen LogP contribution in [-0.2, 0) is 6.18 Å². The predicted octanol–water partition coefficient (Wildman–Crippen LogP) is 9.27. The number of H-pyrrole nitrogens is 2. The molecule has 4 aliphatic heterocycles. The van der Waals surface area contributed by atoms with E-state index in [1.54, 1.807) is 21.9 Å². The molecule has 0 spiro atoms. The Kier molecular flexibility index (Phi) is 9.46. The zero-order chi connectivity index (χ0) is 40.6. The summed E-state index contributed by atoms with van der Waals surface area (Å²) in [5.74, 6) is -1.26. The lowest BCUT2D eigenvalue weighted by atomic mass is 10.0. The highest BCUT2D eigenvalue weighted by molar-refractivity contribution is 5.78. The van der Waals surface area contributed by atoms with Crippen LogP contribution >= 0.6 is 0 Å². The molecule has 0 aliphatic carbocycles. The minimum Gasteiger partial charge on any atom is -0.368 e. The molecule has 0 bridgehead atoms. The first kappa shape index (κ1) is 37.9. The van der Waals surface area contributed by atoms with Crippen LogP contribution in [0.3, 0.4) is 0 Å². The maximum absolute atomic E-state index is 16.4. The molecule has 0 saturated carbocycles. The van der Waals surface area contributed by atoms with Crippen LogP contribution in [-0.4, -0.2) is 59.2 Å². The second kappa shape index (κ2) is 14.7. The molecule has 6 aromatic rings. The first-order valence-electron chi connectivity index (χ1n) is 20.3. The Balaban J connectivity index is 0.990. The van der Waals surface area contributed by atoms with E-state index in [1.807, 2.05) is 4.90 Å². The molecule has 4 aromatic carbocycles. The summed E-state index contributed by atoms with van der Waals surface area (Å²) in [4.78, 5) is 21.2. The molecule has 4 saturated heterocycles. The van der Waals surface area contributed by atoms with Crippen LogP contribution in [0.2, 0.25) is 0 Å². The van der Waals surface area contributed by atoms with E-state index in [-0.39, 0.29) is 36.5 Å². The highest BCUT2D eigenvalue weighted by Crippen LogP contribution is 2.50. The molecular weight excluding hydrogens is 776 g/mol. The standard InChI is InChI=1S/C43H42F7N9/c44-28-21-36-34(53-41(55-36)32-3-1-11-51-32)19-26(28)38-9-10-39(27-20-35-37(22-29(27)45)56-42(54-35)33-4-2-12-52-33)59(38)25-17-30(46)40(31(47)18-25)58-15-13-57(14-16-58)24-7-5-23(6-8-24)43(48,49)50/h5-8,17-22,32-33,38-39,51-52H,1-4,9-16H2,(H,53,55)(H,54,56)/t32-,33-,38-,39+/m0/s1. The third-order valence-electron chi connectivity index (χ3n) is 12.6. The maximum Gasteiger partial charge on any atom is 0.416 e. The van der Waals surface area contributed by atoms with Gasteiger partial charge >= 0.3 is 6.18 Å². The van der Waals surface area contributed by atoms with E-state index in [0.717, 1.165) is 62.6 Å². The van der Waals surface area contributed by atoms with Gasteiger partial charge in [0.2, 0.25) is 0 Å². The van der Waals surface area contributed by atoms with Crippen molar-refractivity contribution < 1.29 is 30.7 Å². The Morgan fingerprint density at radius 3 is 1.51 bits per heavy atom. The number of anilines is 3. The molecule has 0 amide bonds. The third-order valence-corrected chi connectivity index (χ3v) is 12.6. The molecule has 9 nitrogen and oxygen atoms in total. The number of benzene rings is 4. The Labute approximate surface area is 335 Å². The summed E-state index contributed by atoms with van der Waals surface area (Å²) in [6, 6.07) is 12.1. The Bertz CT molecular complexity index is 2380. The number of nitrogens with one attached hydrogen (secondary N) is 4. The smallest absolute Gasteiger partial charge is 0.368 e. The summed E-state index contributed by atoms with van der Waals surface area (Å²) in [5, 5.41) is 6.82. The van der Waals surface area contributed by atoms with Crippen LogP contribution in [0.15, 0.2) is 60.7 Å². The van der Waals surface area contributed by atoms with Crippen LogP contribution in [0.25, 0.3) is 22.1 Å². The molecule has 0 unspecified atom stereocenters. The molecular formula is C43H42F7N9. The molecule has 4 aliphatic rings. The Hall–Kier alpha value is -5.35. The number of aromatic nitrogens is 4. The highest BCUT2D eigenvalue weighted by atomic mass is 19.4.